The molecule has 2 saturated heterocycles. The van der Waals surface area contributed by atoms with Crippen LogP contribution >= 0.6 is 0 Å². The Labute approximate surface area is 166 Å². The summed E-state index contributed by atoms with van der Waals surface area (Å²) in [6, 6.07) is 3.78. The van der Waals surface area contributed by atoms with E-state index in [0.29, 0.717) is 43.1 Å². The van der Waals surface area contributed by atoms with Gasteiger partial charge < -0.3 is 24.0 Å². The Hall–Kier alpha value is -2.44. The predicted molar refractivity (Wildman–Crippen MR) is 105 cm³/mol. The van der Waals surface area contributed by atoms with Crippen LogP contribution in [0.2, 0.25) is 0 Å². The molecule has 154 valence electrons. The van der Waals surface area contributed by atoms with Gasteiger partial charge in [-0.15, -0.1) is 0 Å². The summed E-state index contributed by atoms with van der Waals surface area (Å²) in [5, 5.41) is 0. The van der Waals surface area contributed by atoms with Crippen molar-refractivity contribution < 1.29 is 23.8 Å². The first-order valence-corrected chi connectivity index (χ1v) is 9.83. The lowest BCUT2D eigenvalue weighted by molar-refractivity contribution is -0.146. The van der Waals surface area contributed by atoms with Crippen molar-refractivity contribution in [2.45, 2.75) is 44.6 Å². The fourth-order valence-electron chi connectivity index (χ4n) is 4.27. The number of carbonyl (C=O) groups excluding carboxylic acids is 2. The first-order valence-electron chi connectivity index (χ1n) is 9.83. The maximum Gasteiger partial charge on any atom is 0.248 e. The van der Waals surface area contributed by atoms with Gasteiger partial charge in [0.2, 0.25) is 17.6 Å². The monoisotopic (exact) mass is 390 g/mol. The van der Waals surface area contributed by atoms with Crippen molar-refractivity contribution >= 4 is 11.8 Å². The van der Waals surface area contributed by atoms with Gasteiger partial charge in [-0.3, -0.25) is 9.59 Å². The van der Waals surface area contributed by atoms with Gasteiger partial charge in [0.1, 0.15) is 5.54 Å². The zero-order chi connectivity index (χ0) is 20.3. The summed E-state index contributed by atoms with van der Waals surface area (Å²) in [7, 11) is 4.73. The van der Waals surface area contributed by atoms with E-state index in [1.165, 1.54) is 0 Å². The van der Waals surface area contributed by atoms with Crippen LogP contribution < -0.4 is 14.2 Å². The standard InChI is InChI=1S/C21H30N2O5/c1-21(20(25)22-10-5-6-11-22)9-7-18(24)23(21)12-8-15-13-16(26-2)19(28-4)17(14-15)27-3/h13-14H,5-12H2,1-4H3/t21-/m0/s1. The number of nitrogens with zero attached hydrogens (tertiary/aromatic N) is 2. The molecule has 7 nitrogen and oxygen atoms in total. The van der Waals surface area contributed by atoms with E-state index in [1.807, 2.05) is 24.0 Å². The molecule has 2 fully saturated rings. The van der Waals surface area contributed by atoms with Gasteiger partial charge in [0.15, 0.2) is 11.5 Å². The van der Waals surface area contributed by atoms with Crippen LogP contribution in [-0.2, 0) is 16.0 Å². The van der Waals surface area contributed by atoms with Crippen molar-refractivity contribution in [2.24, 2.45) is 0 Å². The van der Waals surface area contributed by atoms with Crippen LogP contribution in [0.25, 0.3) is 0 Å². The Balaban J connectivity index is 1.78. The second-order valence-corrected chi connectivity index (χ2v) is 7.60. The third-order valence-electron chi connectivity index (χ3n) is 5.93. The molecule has 1 aromatic rings. The molecule has 0 radical (unpaired) electrons. The van der Waals surface area contributed by atoms with Crippen molar-refractivity contribution in [1.82, 2.24) is 9.80 Å². The lowest BCUT2D eigenvalue weighted by Crippen LogP contribution is -2.55. The molecule has 0 spiro atoms. The van der Waals surface area contributed by atoms with Crippen LogP contribution in [-0.4, -0.2) is 68.1 Å². The maximum absolute atomic E-state index is 13.1. The number of hydrogen-bond acceptors (Lipinski definition) is 5. The van der Waals surface area contributed by atoms with Gasteiger partial charge in [-0.05, 0) is 50.3 Å². The van der Waals surface area contributed by atoms with E-state index in [1.54, 1.807) is 26.2 Å². The number of methoxy groups -OCH3 is 3. The molecule has 0 saturated carbocycles. The molecule has 0 bridgehead atoms. The average molecular weight is 390 g/mol. The first kappa shape index (κ1) is 20.3. The quantitative estimate of drug-likeness (QED) is 0.714. The minimum Gasteiger partial charge on any atom is -0.493 e. The molecule has 3 rings (SSSR count). The van der Waals surface area contributed by atoms with Crippen LogP contribution in [0.5, 0.6) is 17.2 Å². The number of likely N-dealkylation sites (tertiary alicyclic amines) is 2. The van der Waals surface area contributed by atoms with Crippen molar-refractivity contribution in [3.8, 4) is 17.2 Å². The number of rotatable bonds is 7. The van der Waals surface area contributed by atoms with Crippen LogP contribution in [0, 0.1) is 0 Å². The molecule has 0 aromatic heterocycles. The van der Waals surface area contributed by atoms with Crippen molar-refractivity contribution in [1.29, 1.82) is 0 Å². The minimum absolute atomic E-state index is 0.0440. The van der Waals surface area contributed by atoms with Crippen LogP contribution in [0.15, 0.2) is 12.1 Å². The summed E-state index contributed by atoms with van der Waals surface area (Å²) in [6.45, 7) is 3.98. The van der Waals surface area contributed by atoms with Gasteiger partial charge in [0.25, 0.3) is 0 Å². The largest absolute Gasteiger partial charge is 0.493 e. The predicted octanol–water partition coefficient (Wildman–Crippen LogP) is 2.26. The lowest BCUT2D eigenvalue weighted by Gasteiger charge is -2.37. The number of hydrogen-bond donors (Lipinski definition) is 0. The normalized spacial score (nSPS) is 21.9. The molecule has 7 heteroatoms. The van der Waals surface area contributed by atoms with E-state index < -0.39 is 5.54 Å². The third-order valence-corrected chi connectivity index (χ3v) is 5.93. The molecule has 0 unspecified atom stereocenters. The molecule has 28 heavy (non-hydrogen) atoms. The van der Waals surface area contributed by atoms with Gasteiger partial charge in [0, 0.05) is 26.1 Å². The Morgan fingerprint density at radius 1 is 1.07 bits per heavy atom. The third kappa shape index (κ3) is 3.62. The number of benzene rings is 1. The number of ether oxygens (including phenoxy) is 3. The second-order valence-electron chi connectivity index (χ2n) is 7.60. The topological polar surface area (TPSA) is 68.3 Å². The van der Waals surface area contributed by atoms with E-state index in [4.69, 9.17) is 14.2 Å². The molecule has 2 aliphatic rings. The summed E-state index contributed by atoms with van der Waals surface area (Å²) in [5.41, 5.74) is 0.215. The Kier molecular flexibility index (Phi) is 6.01. The number of carbonyl (C=O) groups is 2. The molecular weight excluding hydrogens is 360 g/mol. The molecule has 2 aliphatic heterocycles. The summed E-state index contributed by atoms with van der Waals surface area (Å²) in [6.07, 6.45) is 3.69. The van der Waals surface area contributed by atoms with Gasteiger partial charge in [-0.25, -0.2) is 0 Å². The first-order chi connectivity index (χ1) is 13.4. The van der Waals surface area contributed by atoms with Crippen molar-refractivity contribution in [3.05, 3.63) is 17.7 Å². The summed E-state index contributed by atoms with van der Waals surface area (Å²) >= 11 is 0. The van der Waals surface area contributed by atoms with Gasteiger partial charge in [-0.2, -0.15) is 0 Å². The van der Waals surface area contributed by atoms with E-state index >= 15 is 0 Å². The van der Waals surface area contributed by atoms with E-state index in [9.17, 15) is 9.59 Å². The van der Waals surface area contributed by atoms with Crippen LogP contribution in [0.4, 0.5) is 0 Å². The zero-order valence-corrected chi connectivity index (χ0v) is 17.2. The highest BCUT2D eigenvalue weighted by molar-refractivity contribution is 5.94. The molecular formula is C21H30N2O5. The van der Waals surface area contributed by atoms with E-state index in [2.05, 4.69) is 0 Å². The average Bonchev–Trinajstić information content (AvgIpc) is 3.34. The fraction of sp³-hybridized carbons (Fsp3) is 0.619. The van der Waals surface area contributed by atoms with E-state index in [0.717, 1.165) is 31.5 Å². The minimum atomic E-state index is -0.748. The van der Waals surface area contributed by atoms with Gasteiger partial charge >= 0.3 is 0 Å². The lowest BCUT2D eigenvalue weighted by atomic mass is 9.96. The van der Waals surface area contributed by atoms with Crippen molar-refractivity contribution in [2.75, 3.05) is 41.0 Å². The Morgan fingerprint density at radius 2 is 1.68 bits per heavy atom. The fourth-order valence-corrected chi connectivity index (χ4v) is 4.27. The van der Waals surface area contributed by atoms with E-state index in [-0.39, 0.29) is 11.8 Å². The maximum atomic E-state index is 13.1. The SMILES string of the molecule is COc1cc(CCN2C(=O)CC[C@@]2(C)C(=O)N2CCCC2)cc(OC)c1OC. The number of amides is 2. The van der Waals surface area contributed by atoms with Crippen molar-refractivity contribution in [3.63, 3.8) is 0 Å². The molecule has 0 N–H and O–H groups in total. The van der Waals surface area contributed by atoms with Gasteiger partial charge in [-0.1, -0.05) is 0 Å². The van der Waals surface area contributed by atoms with Crippen LogP contribution in [0.1, 0.15) is 38.2 Å². The smallest absolute Gasteiger partial charge is 0.248 e. The molecule has 0 aliphatic carbocycles. The Morgan fingerprint density at radius 3 is 2.21 bits per heavy atom. The highest BCUT2D eigenvalue weighted by Crippen LogP contribution is 2.39. The molecule has 2 amide bonds. The summed E-state index contributed by atoms with van der Waals surface area (Å²) in [4.78, 5) is 29.3. The second kappa shape index (κ2) is 8.29. The molecule has 1 atom stereocenters. The zero-order valence-electron chi connectivity index (χ0n) is 17.2. The molecule has 1 aromatic carbocycles. The highest BCUT2D eigenvalue weighted by atomic mass is 16.5. The summed E-state index contributed by atoms with van der Waals surface area (Å²) < 4.78 is 16.2. The van der Waals surface area contributed by atoms with Gasteiger partial charge in [0.05, 0.1) is 21.3 Å². The Bertz CT molecular complexity index is 719. The van der Waals surface area contributed by atoms with Crippen LogP contribution in [0.3, 0.4) is 0 Å². The highest BCUT2D eigenvalue weighted by Gasteiger charge is 2.48. The molecule has 2 heterocycles. The summed E-state index contributed by atoms with van der Waals surface area (Å²) in [5.74, 6) is 1.84.